The Kier molecular flexibility index (Phi) is 3.88. The van der Waals surface area contributed by atoms with Crippen molar-refractivity contribution in [2.75, 3.05) is 11.4 Å². The summed E-state index contributed by atoms with van der Waals surface area (Å²) in [5, 5.41) is 2.70. The molecule has 102 valence electrons. The van der Waals surface area contributed by atoms with Crippen LogP contribution in [0.3, 0.4) is 0 Å². The first-order valence-electron chi connectivity index (χ1n) is 6.69. The molecular weight excluding hydrogens is 240 g/mol. The third kappa shape index (κ3) is 2.95. The first-order chi connectivity index (χ1) is 8.99. The Labute approximate surface area is 113 Å². The van der Waals surface area contributed by atoms with Gasteiger partial charge in [0.05, 0.1) is 0 Å². The molecule has 1 aliphatic rings. The number of hydrogen-bond donors (Lipinski definition) is 1. The first-order valence-corrected chi connectivity index (χ1v) is 6.69. The summed E-state index contributed by atoms with van der Waals surface area (Å²) in [5.74, 6) is 0.300. The number of rotatable bonds is 2. The molecule has 1 atom stereocenters. The summed E-state index contributed by atoms with van der Waals surface area (Å²) >= 11 is 0. The minimum Gasteiger partial charge on any atom is -0.345 e. The fraction of sp³-hybridized carbons (Fsp3) is 0.467. The van der Waals surface area contributed by atoms with Crippen molar-refractivity contribution in [3.05, 3.63) is 29.8 Å². The van der Waals surface area contributed by atoms with Gasteiger partial charge in [0.2, 0.25) is 11.8 Å². The quantitative estimate of drug-likeness (QED) is 0.884. The Morgan fingerprint density at radius 1 is 1.32 bits per heavy atom. The highest BCUT2D eigenvalue weighted by molar-refractivity contribution is 6.01. The molecule has 1 heterocycles. The van der Waals surface area contributed by atoms with Gasteiger partial charge in [-0.15, -0.1) is 0 Å². The van der Waals surface area contributed by atoms with Crippen LogP contribution in [0, 0.1) is 0 Å². The second-order valence-electron chi connectivity index (χ2n) is 5.28. The number of amides is 2. The van der Waals surface area contributed by atoms with Crippen molar-refractivity contribution in [3.8, 4) is 0 Å². The topological polar surface area (TPSA) is 49.4 Å². The molecule has 0 spiro atoms. The lowest BCUT2D eigenvalue weighted by Crippen LogP contribution is -2.42. The monoisotopic (exact) mass is 260 g/mol. The summed E-state index contributed by atoms with van der Waals surface area (Å²) in [6.45, 7) is 6.41. The zero-order valence-corrected chi connectivity index (χ0v) is 11.6. The van der Waals surface area contributed by atoms with Crippen molar-refractivity contribution in [2.45, 2.75) is 39.2 Å². The van der Waals surface area contributed by atoms with Gasteiger partial charge in [0.15, 0.2) is 0 Å². The minimum absolute atomic E-state index is 0.0493. The fourth-order valence-electron chi connectivity index (χ4n) is 2.24. The standard InChI is InChI=1S/C15H20N2O2/c1-10(2)12-5-4-6-13(9-12)17-8-7-14(18)16-11(3)15(17)19/h4-6,9-11H,7-8H2,1-3H3,(H,16,18). The maximum Gasteiger partial charge on any atom is 0.249 e. The minimum atomic E-state index is -0.460. The van der Waals surface area contributed by atoms with Crippen LogP contribution in [0.15, 0.2) is 24.3 Å². The van der Waals surface area contributed by atoms with E-state index in [-0.39, 0.29) is 11.8 Å². The molecule has 0 aliphatic carbocycles. The van der Waals surface area contributed by atoms with Crippen molar-refractivity contribution in [3.63, 3.8) is 0 Å². The van der Waals surface area contributed by atoms with Gasteiger partial charge in [0, 0.05) is 18.7 Å². The number of anilines is 1. The SMILES string of the molecule is CC1NC(=O)CCN(c2cccc(C(C)C)c2)C1=O. The van der Waals surface area contributed by atoms with Crippen LogP contribution in [0.2, 0.25) is 0 Å². The maximum atomic E-state index is 12.3. The second-order valence-corrected chi connectivity index (χ2v) is 5.28. The molecule has 1 saturated heterocycles. The van der Waals surface area contributed by atoms with Crippen LogP contribution in [-0.4, -0.2) is 24.4 Å². The molecule has 1 unspecified atom stereocenters. The summed E-state index contributed by atoms with van der Waals surface area (Å²) in [6, 6.07) is 7.52. The smallest absolute Gasteiger partial charge is 0.249 e. The lowest BCUT2D eigenvalue weighted by molar-refractivity contribution is -0.125. The summed E-state index contributed by atoms with van der Waals surface area (Å²) in [4.78, 5) is 25.5. The van der Waals surface area contributed by atoms with Crippen molar-refractivity contribution in [1.82, 2.24) is 5.32 Å². The van der Waals surface area contributed by atoms with Crippen molar-refractivity contribution in [1.29, 1.82) is 0 Å². The number of benzene rings is 1. The van der Waals surface area contributed by atoms with Gasteiger partial charge in [0.1, 0.15) is 6.04 Å². The van der Waals surface area contributed by atoms with Gasteiger partial charge in [-0.25, -0.2) is 0 Å². The van der Waals surface area contributed by atoms with Gasteiger partial charge in [-0.2, -0.15) is 0 Å². The van der Waals surface area contributed by atoms with E-state index in [2.05, 4.69) is 25.2 Å². The third-order valence-electron chi connectivity index (χ3n) is 3.42. The average molecular weight is 260 g/mol. The first kappa shape index (κ1) is 13.6. The van der Waals surface area contributed by atoms with Gasteiger partial charge < -0.3 is 10.2 Å². The summed E-state index contributed by atoms with van der Waals surface area (Å²) in [7, 11) is 0. The second kappa shape index (κ2) is 5.43. The third-order valence-corrected chi connectivity index (χ3v) is 3.42. The molecule has 0 saturated carbocycles. The van der Waals surface area contributed by atoms with Gasteiger partial charge in [-0.1, -0.05) is 26.0 Å². The molecule has 0 radical (unpaired) electrons. The molecular formula is C15H20N2O2. The molecule has 1 fully saturated rings. The number of carbonyl (C=O) groups is 2. The molecule has 0 aromatic heterocycles. The molecule has 1 aliphatic heterocycles. The Morgan fingerprint density at radius 3 is 2.74 bits per heavy atom. The van der Waals surface area contributed by atoms with E-state index in [9.17, 15) is 9.59 Å². The van der Waals surface area contributed by atoms with E-state index >= 15 is 0 Å². The molecule has 19 heavy (non-hydrogen) atoms. The largest absolute Gasteiger partial charge is 0.345 e. The van der Waals surface area contributed by atoms with Crippen LogP contribution in [0.5, 0.6) is 0 Å². The molecule has 1 aromatic rings. The summed E-state index contributed by atoms with van der Waals surface area (Å²) in [5.41, 5.74) is 2.07. The zero-order chi connectivity index (χ0) is 14.0. The lowest BCUT2D eigenvalue weighted by Gasteiger charge is -2.23. The molecule has 1 N–H and O–H groups in total. The van der Waals surface area contributed by atoms with E-state index in [0.717, 1.165) is 5.69 Å². The van der Waals surface area contributed by atoms with Crippen LogP contribution >= 0.6 is 0 Å². The molecule has 1 aromatic carbocycles. The van der Waals surface area contributed by atoms with Crippen molar-refractivity contribution < 1.29 is 9.59 Å². The van der Waals surface area contributed by atoms with E-state index in [1.807, 2.05) is 18.2 Å². The van der Waals surface area contributed by atoms with Crippen LogP contribution in [0.25, 0.3) is 0 Å². The van der Waals surface area contributed by atoms with Crippen LogP contribution < -0.4 is 10.2 Å². The van der Waals surface area contributed by atoms with Gasteiger partial charge in [0.25, 0.3) is 0 Å². The van der Waals surface area contributed by atoms with Crippen molar-refractivity contribution in [2.24, 2.45) is 0 Å². The van der Waals surface area contributed by atoms with E-state index in [0.29, 0.717) is 18.9 Å². The van der Waals surface area contributed by atoms with Crippen LogP contribution in [0.4, 0.5) is 5.69 Å². The number of carbonyl (C=O) groups excluding carboxylic acids is 2. The highest BCUT2D eigenvalue weighted by Gasteiger charge is 2.27. The van der Waals surface area contributed by atoms with E-state index in [4.69, 9.17) is 0 Å². The Hall–Kier alpha value is -1.84. The Balaban J connectivity index is 2.31. The molecule has 2 rings (SSSR count). The lowest BCUT2D eigenvalue weighted by atomic mass is 10.0. The molecule has 2 amide bonds. The van der Waals surface area contributed by atoms with Crippen LogP contribution in [-0.2, 0) is 9.59 Å². The van der Waals surface area contributed by atoms with E-state index < -0.39 is 6.04 Å². The number of hydrogen-bond acceptors (Lipinski definition) is 2. The Morgan fingerprint density at radius 2 is 2.05 bits per heavy atom. The van der Waals surface area contributed by atoms with Gasteiger partial charge in [-0.05, 0) is 30.5 Å². The van der Waals surface area contributed by atoms with Gasteiger partial charge >= 0.3 is 0 Å². The normalized spacial score (nSPS) is 20.4. The van der Waals surface area contributed by atoms with Crippen LogP contribution in [0.1, 0.15) is 38.7 Å². The number of nitrogens with one attached hydrogen (secondary N) is 1. The van der Waals surface area contributed by atoms with E-state index in [1.54, 1.807) is 11.8 Å². The molecule has 4 nitrogen and oxygen atoms in total. The average Bonchev–Trinajstić information content (AvgIpc) is 2.50. The highest BCUT2D eigenvalue weighted by atomic mass is 16.2. The number of nitrogens with zero attached hydrogens (tertiary/aromatic N) is 1. The predicted molar refractivity (Wildman–Crippen MR) is 75.1 cm³/mol. The van der Waals surface area contributed by atoms with Crippen molar-refractivity contribution >= 4 is 17.5 Å². The summed E-state index contributed by atoms with van der Waals surface area (Å²) < 4.78 is 0. The fourth-order valence-corrected chi connectivity index (χ4v) is 2.24. The summed E-state index contributed by atoms with van der Waals surface area (Å²) in [6.07, 6.45) is 0.349. The predicted octanol–water partition coefficient (Wildman–Crippen LogP) is 2.05. The highest BCUT2D eigenvalue weighted by Crippen LogP contribution is 2.23. The Bertz CT molecular complexity index is 497. The molecule has 0 bridgehead atoms. The maximum absolute atomic E-state index is 12.3. The van der Waals surface area contributed by atoms with Gasteiger partial charge in [-0.3, -0.25) is 9.59 Å². The molecule has 4 heteroatoms. The van der Waals surface area contributed by atoms with E-state index in [1.165, 1.54) is 5.56 Å². The zero-order valence-electron chi connectivity index (χ0n) is 11.6.